The number of fused-ring (bicyclic) bond motifs is 1. The summed E-state index contributed by atoms with van der Waals surface area (Å²) in [7, 11) is 1.56. The van der Waals surface area contributed by atoms with Crippen LogP contribution in [0.4, 0.5) is 5.69 Å². The van der Waals surface area contributed by atoms with Gasteiger partial charge in [-0.05, 0) is 55.0 Å². The number of carboxylic acid groups (broad SMARTS) is 1. The van der Waals surface area contributed by atoms with E-state index in [0.717, 1.165) is 0 Å². The summed E-state index contributed by atoms with van der Waals surface area (Å²) in [5, 5.41) is 12.5. The van der Waals surface area contributed by atoms with Gasteiger partial charge in [-0.15, -0.1) is 0 Å². The average Bonchev–Trinajstić information content (AvgIpc) is 3.60. The molecule has 2 aromatic heterocycles. The Labute approximate surface area is 249 Å². The predicted octanol–water partition coefficient (Wildman–Crippen LogP) is 4.84. The van der Waals surface area contributed by atoms with Crippen LogP contribution in [0.1, 0.15) is 34.6 Å². The fourth-order valence-electron chi connectivity index (χ4n) is 5.05. The van der Waals surface area contributed by atoms with Crippen molar-refractivity contribution in [2.45, 2.75) is 13.0 Å². The number of hydrogen-bond donors (Lipinski definition) is 2. The number of furan rings is 1. The van der Waals surface area contributed by atoms with Crippen LogP contribution in [0, 0.1) is 0 Å². The molecule has 1 aliphatic heterocycles. The number of nitrogens with zero attached hydrogens (tertiary/aromatic N) is 2. The minimum Gasteiger partial charge on any atom is -0.497 e. The number of aromatic nitrogens is 1. The van der Waals surface area contributed by atoms with Gasteiger partial charge >= 0.3 is 5.97 Å². The zero-order valence-electron chi connectivity index (χ0n) is 23.1. The van der Waals surface area contributed by atoms with Crippen LogP contribution in [-0.4, -0.2) is 28.7 Å². The number of anilines is 1. The van der Waals surface area contributed by atoms with E-state index in [4.69, 9.17) is 9.15 Å². The monoisotopic (exact) mass is 591 g/mol. The SMILES string of the molecule is COc1cccc([C@@H]2C(C(=O)Nc3ccccc3)=C(C)N=c3s/c(=C\c4ccc(-c5ccccc5C(=O)O)o4)c(=O)n32)c1. The number of ether oxygens (including phenoxy) is 1. The van der Waals surface area contributed by atoms with Crippen LogP contribution < -0.4 is 24.9 Å². The first-order valence-corrected chi connectivity index (χ1v) is 14.1. The number of thiazole rings is 1. The van der Waals surface area contributed by atoms with Crippen molar-refractivity contribution in [2.24, 2.45) is 4.99 Å². The summed E-state index contributed by atoms with van der Waals surface area (Å²) in [6.07, 6.45) is 1.60. The predicted molar refractivity (Wildman–Crippen MR) is 163 cm³/mol. The maximum absolute atomic E-state index is 14.0. The molecule has 1 amide bonds. The van der Waals surface area contributed by atoms with Crippen LogP contribution >= 0.6 is 11.3 Å². The Bertz CT molecular complexity index is 2090. The van der Waals surface area contributed by atoms with E-state index >= 15 is 0 Å². The molecule has 6 rings (SSSR count). The van der Waals surface area contributed by atoms with Crippen molar-refractivity contribution in [3.8, 4) is 17.1 Å². The molecule has 0 radical (unpaired) electrons. The molecule has 5 aromatic rings. The van der Waals surface area contributed by atoms with Gasteiger partial charge in [0.15, 0.2) is 4.80 Å². The number of carbonyl (C=O) groups is 2. The Hall–Kier alpha value is -5.48. The quantitative estimate of drug-likeness (QED) is 0.279. The van der Waals surface area contributed by atoms with Crippen molar-refractivity contribution in [1.29, 1.82) is 0 Å². The van der Waals surface area contributed by atoms with Crippen molar-refractivity contribution >= 4 is 35.0 Å². The van der Waals surface area contributed by atoms with E-state index in [2.05, 4.69) is 10.3 Å². The van der Waals surface area contributed by atoms with Crippen molar-refractivity contribution in [1.82, 2.24) is 4.57 Å². The number of methoxy groups -OCH3 is 1. The molecule has 1 atom stereocenters. The molecule has 2 N–H and O–H groups in total. The van der Waals surface area contributed by atoms with Gasteiger partial charge in [-0.3, -0.25) is 14.2 Å². The van der Waals surface area contributed by atoms with Crippen LogP contribution in [0.25, 0.3) is 17.4 Å². The first kappa shape index (κ1) is 27.7. The summed E-state index contributed by atoms with van der Waals surface area (Å²) in [5.41, 5.74) is 2.31. The maximum Gasteiger partial charge on any atom is 0.336 e. The number of aromatic carboxylic acids is 1. The number of para-hydroxylation sites is 1. The maximum atomic E-state index is 14.0. The lowest BCUT2D eigenvalue weighted by atomic mass is 9.95. The van der Waals surface area contributed by atoms with Crippen molar-refractivity contribution < 1.29 is 23.8 Å². The third kappa shape index (κ3) is 5.31. The van der Waals surface area contributed by atoms with Crippen LogP contribution in [0.2, 0.25) is 0 Å². The van der Waals surface area contributed by atoms with Crippen LogP contribution in [0.5, 0.6) is 5.75 Å². The number of carboxylic acids is 1. The number of amides is 1. The van der Waals surface area contributed by atoms with E-state index in [1.54, 1.807) is 74.7 Å². The Morgan fingerprint density at radius 3 is 2.56 bits per heavy atom. The van der Waals surface area contributed by atoms with Gasteiger partial charge in [-0.1, -0.05) is 59.9 Å². The van der Waals surface area contributed by atoms with Gasteiger partial charge in [-0.2, -0.15) is 0 Å². The Balaban J connectivity index is 1.46. The highest BCUT2D eigenvalue weighted by Crippen LogP contribution is 2.32. The van der Waals surface area contributed by atoms with Gasteiger partial charge in [0.05, 0.1) is 34.5 Å². The first-order valence-electron chi connectivity index (χ1n) is 13.3. The molecule has 0 spiro atoms. The summed E-state index contributed by atoms with van der Waals surface area (Å²) < 4.78 is 13.3. The zero-order valence-corrected chi connectivity index (χ0v) is 23.9. The summed E-state index contributed by atoms with van der Waals surface area (Å²) in [4.78, 5) is 44.5. The minimum absolute atomic E-state index is 0.109. The molecular weight excluding hydrogens is 566 g/mol. The number of allylic oxidation sites excluding steroid dienone is 1. The first-order chi connectivity index (χ1) is 20.8. The summed E-state index contributed by atoms with van der Waals surface area (Å²) in [6, 6.07) is 25.5. The van der Waals surface area contributed by atoms with Crippen LogP contribution in [0.15, 0.2) is 116 Å². The average molecular weight is 592 g/mol. The Morgan fingerprint density at radius 1 is 1.02 bits per heavy atom. The van der Waals surface area contributed by atoms with E-state index in [0.29, 0.717) is 54.7 Å². The largest absolute Gasteiger partial charge is 0.497 e. The summed E-state index contributed by atoms with van der Waals surface area (Å²) in [6.45, 7) is 1.75. The highest BCUT2D eigenvalue weighted by Gasteiger charge is 2.33. The molecule has 214 valence electrons. The van der Waals surface area contributed by atoms with Crippen molar-refractivity contribution in [3.63, 3.8) is 0 Å². The highest BCUT2D eigenvalue weighted by atomic mass is 32.1. The Kier molecular flexibility index (Phi) is 7.35. The van der Waals surface area contributed by atoms with E-state index < -0.39 is 12.0 Å². The lowest BCUT2D eigenvalue weighted by Gasteiger charge is -2.25. The van der Waals surface area contributed by atoms with Gasteiger partial charge < -0.3 is 19.6 Å². The molecule has 0 aliphatic carbocycles. The smallest absolute Gasteiger partial charge is 0.336 e. The lowest BCUT2D eigenvalue weighted by molar-refractivity contribution is -0.113. The van der Waals surface area contributed by atoms with Crippen molar-refractivity contribution in [3.05, 3.63) is 139 Å². The fourth-order valence-corrected chi connectivity index (χ4v) is 6.07. The van der Waals surface area contributed by atoms with Crippen LogP contribution in [-0.2, 0) is 4.79 Å². The third-order valence-electron chi connectivity index (χ3n) is 7.03. The minimum atomic E-state index is -1.07. The van der Waals surface area contributed by atoms with E-state index in [-0.39, 0.29) is 17.0 Å². The van der Waals surface area contributed by atoms with Gasteiger partial charge in [0, 0.05) is 17.3 Å². The van der Waals surface area contributed by atoms with Gasteiger partial charge in [0.2, 0.25) is 0 Å². The number of benzene rings is 3. The van der Waals surface area contributed by atoms with Gasteiger partial charge in [0.25, 0.3) is 11.5 Å². The molecule has 10 heteroatoms. The number of hydrogen-bond acceptors (Lipinski definition) is 7. The van der Waals surface area contributed by atoms with E-state index in [9.17, 15) is 19.5 Å². The molecule has 3 aromatic carbocycles. The highest BCUT2D eigenvalue weighted by molar-refractivity contribution is 7.07. The number of carbonyl (C=O) groups excluding carboxylic acids is 1. The molecule has 1 aliphatic rings. The van der Waals surface area contributed by atoms with E-state index in [1.165, 1.54) is 22.0 Å². The summed E-state index contributed by atoms with van der Waals surface area (Å²) in [5.74, 6) is -0.121. The zero-order chi connectivity index (χ0) is 30.1. The van der Waals surface area contributed by atoms with E-state index in [1.807, 2.05) is 30.3 Å². The standard InChI is InChI=1S/C33H25N3O6S/c1-19-28(30(37)35-21-10-4-3-5-11-21)29(20-9-8-12-22(17-20)41-2)36-31(38)27(43-33(36)34-19)18-23-15-16-26(42-23)24-13-6-7-14-25(24)32(39)40/h3-18,29H,1-2H3,(H,35,37)(H,39,40)/b27-18-/t29-/m1/s1. The van der Waals surface area contributed by atoms with Crippen LogP contribution in [0.3, 0.4) is 0 Å². The summed E-state index contributed by atoms with van der Waals surface area (Å²) >= 11 is 1.18. The van der Waals surface area contributed by atoms with Gasteiger partial charge in [0.1, 0.15) is 17.3 Å². The lowest BCUT2D eigenvalue weighted by Crippen LogP contribution is -2.40. The van der Waals surface area contributed by atoms with Gasteiger partial charge in [-0.25, -0.2) is 9.79 Å². The molecule has 0 unspecified atom stereocenters. The molecule has 0 bridgehead atoms. The molecular formula is C33H25N3O6S. The second-order valence-corrected chi connectivity index (χ2v) is 10.7. The second kappa shape index (κ2) is 11.4. The molecule has 9 nitrogen and oxygen atoms in total. The topological polar surface area (TPSA) is 123 Å². The van der Waals surface area contributed by atoms with Crippen molar-refractivity contribution in [2.75, 3.05) is 12.4 Å². The molecule has 3 heterocycles. The molecule has 43 heavy (non-hydrogen) atoms. The fraction of sp³-hybridized carbons (Fsp3) is 0.0909. The molecule has 0 saturated carbocycles. The molecule has 0 fully saturated rings. The molecule has 0 saturated heterocycles. The number of rotatable bonds is 7. The Morgan fingerprint density at radius 2 is 1.79 bits per heavy atom. The number of nitrogens with one attached hydrogen (secondary N) is 1. The normalized spacial score (nSPS) is 14.7. The second-order valence-electron chi connectivity index (χ2n) is 9.73. The third-order valence-corrected chi connectivity index (χ3v) is 8.01.